The summed E-state index contributed by atoms with van der Waals surface area (Å²) in [5.74, 6) is 1.87. The Bertz CT molecular complexity index is 542. The van der Waals surface area contributed by atoms with Crippen molar-refractivity contribution < 1.29 is 9.53 Å². The Morgan fingerprint density at radius 1 is 1.39 bits per heavy atom. The van der Waals surface area contributed by atoms with E-state index < -0.39 is 6.10 Å². The minimum Gasteiger partial charge on any atom is -0.481 e. The number of likely N-dealkylation sites (tertiary alicyclic amines) is 1. The first-order valence-corrected chi connectivity index (χ1v) is 8.63. The van der Waals surface area contributed by atoms with Gasteiger partial charge in [0, 0.05) is 13.1 Å². The predicted molar refractivity (Wildman–Crippen MR) is 94.0 cm³/mol. The maximum Gasteiger partial charge on any atom is 0.263 e. The van der Waals surface area contributed by atoms with Crippen molar-refractivity contribution in [3.8, 4) is 5.75 Å². The van der Waals surface area contributed by atoms with Gasteiger partial charge in [-0.25, -0.2) is 0 Å². The molecule has 0 aromatic heterocycles. The smallest absolute Gasteiger partial charge is 0.263 e. The fraction of sp³-hybridized carbons (Fsp3) is 0.632. The number of carbonyl (C=O) groups excluding carboxylic acids is 1. The fourth-order valence-corrected chi connectivity index (χ4v) is 3.21. The Balaban J connectivity index is 2.03. The van der Waals surface area contributed by atoms with Gasteiger partial charge in [0.1, 0.15) is 5.75 Å². The monoisotopic (exact) mass is 318 g/mol. The molecule has 2 rings (SSSR count). The SMILES string of the molecule is CNC[C@@H]1CCN(C(=O)[C@@H](C)Oc2cc(C)ccc2C(C)C)C1. The molecule has 0 unspecified atom stereocenters. The molecular weight excluding hydrogens is 288 g/mol. The molecule has 0 radical (unpaired) electrons. The van der Waals surface area contributed by atoms with E-state index >= 15 is 0 Å². The average molecular weight is 318 g/mol. The highest BCUT2D eigenvalue weighted by Gasteiger charge is 2.29. The third kappa shape index (κ3) is 4.47. The summed E-state index contributed by atoms with van der Waals surface area (Å²) in [5.41, 5.74) is 2.31. The molecule has 1 heterocycles. The Morgan fingerprint density at radius 2 is 2.13 bits per heavy atom. The van der Waals surface area contributed by atoms with Gasteiger partial charge in [-0.05, 0) is 62.9 Å². The van der Waals surface area contributed by atoms with Crippen molar-refractivity contribution >= 4 is 5.91 Å². The van der Waals surface area contributed by atoms with E-state index in [1.807, 2.05) is 31.9 Å². The second kappa shape index (κ2) is 7.82. The van der Waals surface area contributed by atoms with Crippen LogP contribution < -0.4 is 10.1 Å². The Kier molecular flexibility index (Phi) is 6.05. The molecule has 1 amide bonds. The van der Waals surface area contributed by atoms with Gasteiger partial charge in [0.2, 0.25) is 0 Å². The first-order chi connectivity index (χ1) is 10.9. The van der Waals surface area contributed by atoms with Gasteiger partial charge in [0.25, 0.3) is 5.91 Å². The van der Waals surface area contributed by atoms with Crippen LogP contribution in [0, 0.1) is 12.8 Å². The highest BCUT2D eigenvalue weighted by Crippen LogP contribution is 2.29. The molecular formula is C19H30N2O2. The van der Waals surface area contributed by atoms with E-state index in [4.69, 9.17) is 4.74 Å². The molecule has 1 N–H and O–H groups in total. The number of benzene rings is 1. The zero-order valence-corrected chi connectivity index (χ0v) is 15.1. The summed E-state index contributed by atoms with van der Waals surface area (Å²) in [4.78, 5) is 14.6. The number of nitrogens with zero attached hydrogens (tertiary/aromatic N) is 1. The van der Waals surface area contributed by atoms with Crippen LogP contribution in [0.5, 0.6) is 5.75 Å². The van der Waals surface area contributed by atoms with Gasteiger partial charge >= 0.3 is 0 Å². The molecule has 4 nitrogen and oxygen atoms in total. The van der Waals surface area contributed by atoms with Crippen molar-refractivity contribution in [1.29, 1.82) is 0 Å². The summed E-state index contributed by atoms with van der Waals surface area (Å²) < 4.78 is 6.05. The second-order valence-corrected chi connectivity index (χ2v) is 6.95. The van der Waals surface area contributed by atoms with Crippen molar-refractivity contribution in [2.24, 2.45) is 5.92 Å². The first-order valence-electron chi connectivity index (χ1n) is 8.63. The summed E-state index contributed by atoms with van der Waals surface area (Å²) in [5, 5.41) is 3.20. The van der Waals surface area contributed by atoms with Crippen LogP contribution in [0.2, 0.25) is 0 Å². The van der Waals surface area contributed by atoms with Crippen molar-refractivity contribution in [3.63, 3.8) is 0 Å². The largest absolute Gasteiger partial charge is 0.481 e. The molecule has 1 aromatic rings. The summed E-state index contributed by atoms with van der Waals surface area (Å²) in [6.45, 7) is 10.8. The van der Waals surface area contributed by atoms with Gasteiger partial charge in [-0.3, -0.25) is 4.79 Å². The molecule has 0 bridgehead atoms. The number of nitrogens with one attached hydrogen (secondary N) is 1. The van der Waals surface area contributed by atoms with Crippen LogP contribution in [0.1, 0.15) is 44.2 Å². The molecule has 4 heteroatoms. The third-order valence-corrected chi connectivity index (χ3v) is 4.53. The number of hydrogen-bond donors (Lipinski definition) is 1. The van der Waals surface area contributed by atoms with Gasteiger partial charge in [-0.15, -0.1) is 0 Å². The van der Waals surface area contributed by atoms with Gasteiger partial charge in [0.05, 0.1) is 0 Å². The van der Waals surface area contributed by atoms with Crippen LogP contribution in [-0.4, -0.2) is 43.6 Å². The van der Waals surface area contributed by atoms with E-state index in [-0.39, 0.29) is 5.91 Å². The van der Waals surface area contributed by atoms with Gasteiger partial charge in [-0.1, -0.05) is 26.0 Å². The summed E-state index contributed by atoms with van der Waals surface area (Å²) in [6.07, 6.45) is 0.628. The second-order valence-electron chi connectivity index (χ2n) is 6.95. The van der Waals surface area contributed by atoms with Crippen LogP contribution in [0.15, 0.2) is 18.2 Å². The van der Waals surface area contributed by atoms with Gasteiger partial charge in [-0.2, -0.15) is 0 Å². The zero-order valence-electron chi connectivity index (χ0n) is 15.1. The first kappa shape index (κ1) is 17.8. The van der Waals surface area contributed by atoms with E-state index in [1.54, 1.807) is 0 Å². The molecule has 0 aliphatic carbocycles. The van der Waals surface area contributed by atoms with Gasteiger partial charge < -0.3 is 15.0 Å². The quantitative estimate of drug-likeness (QED) is 0.877. The van der Waals surface area contributed by atoms with Crippen LogP contribution in [0.3, 0.4) is 0 Å². The molecule has 128 valence electrons. The summed E-state index contributed by atoms with van der Waals surface area (Å²) in [6, 6.07) is 6.23. The van der Waals surface area contributed by atoms with Crippen LogP contribution in [0.25, 0.3) is 0 Å². The number of ether oxygens (including phenoxy) is 1. The molecule has 1 aromatic carbocycles. The molecule has 0 saturated carbocycles. The zero-order chi connectivity index (χ0) is 17.0. The molecule has 1 aliphatic heterocycles. The Labute approximate surface area is 140 Å². The van der Waals surface area contributed by atoms with Crippen LogP contribution >= 0.6 is 0 Å². The molecule has 2 atom stereocenters. The maximum absolute atomic E-state index is 12.6. The highest BCUT2D eigenvalue weighted by molar-refractivity contribution is 5.81. The average Bonchev–Trinajstić information content (AvgIpc) is 2.95. The van der Waals surface area contributed by atoms with Crippen molar-refractivity contribution in [2.75, 3.05) is 26.7 Å². The molecule has 1 aliphatic rings. The lowest BCUT2D eigenvalue weighted by atomic mass is 10.0. The lowest BCUT2D eigenvalue weighted by Gasteiger charge is -2.24. The minimum atomic E-state index is -0.442. The van der Waals surface area contributed by atoms with Crippen molar-refractivity contribution in [3.05, 3.63) is 29.3 Å². The Hall–Kier alpha value is -1.55. The van der Waals surface area contributed by atoms with E-state index in [1.165, 1.54) is 0 Å². The van der Waals surface area contributed by atoms with Gasteiger partial charge in [0.15, 0.2) is 6.10 Å². The number of amides is 1. The maximum atomic E-state index is 12.6. The van der Waals surface area contributed by atoms with E-state index in [9.17, 15) is 4.79 Å². The lowest BCUT2D eigenvalue weighted by molar-refractivity contribution is -0.137. The Morgan fingerprint density at radius 3 is 2.78 bits per heavy atom. The van der Waals surface area contributed by atoms with E-state index in [0.717, 1.165) is 42.9 Å². The normalized spacial score (nSPS) is 19.2. The standard InChI is InChI=1S/C19H30N2O2/c1-13(2)17-7-6-14(3)10-18(17)23-15(4)19(22)21-9-8-16(12-21)11-20-5/h6-7,10,13,15-16,20H,8-9,11-12H2,1-5H3/t15-,16+/m1/s1. The lowest BCUT2D eigenvalue weighted by Crippen LogP contribution is -2.39. The third-order valence-electron chi connectivity index (χ3n) is 4.53. The number of carbonyl (C=O) groups is 1. The minimum absolute atomic E-state index is 0.0971. The summed E-state index contributed by atoms with van der Waals surface area (Å²) in [7, 11) is 1.96. The molecule has 0 spiro atoms. The van der Waals surface area contributed by atoms with Crippen molar-refractivity contribution in [1.82, 2.24) is 10.2 Å². The highest BCUT2D eigenvalue weighted by atomic mass is 16.5. The topological polar surface area (TPSA) is 41.6 Å². The number of aryl methyl sites for hydroxylation is 1. The molecule has 1 saturated heterocycles. The van der Waals surface area contributed by atoms with E-state index in [2.05, 4.69) is 31.3 Å². The summed E-state index contributed by atoms with van der Waals surface area (Å²) >= 11 is 0. The number of rotatable bonds is 6. The van der Waals surface area contributed by atoms with Crippen LogP contribution in [-0.2, 0) is 4.79 Å². The predicted octanol–water partition coefficient (Wildman–Crippen LogP) is 2.95. The fourth-order valence-electron chi connectivity index (χ4n) is 3.21. The molecule has 23 heavy (non-hydrogen) atoms. The van der Waals surface area contributed by atoms with Crippen LogP contribution in [0.4, 0.5) is 0 Å². The number of hydrogen-bond acceptors (Lipinski definition) is 3. The van der Waals surface area contributed by atoms with E-state index in [0.29, 0.717) is 11.8 Å². The van der Waals surface area contributed by atoms with Crippen molar-refractivity contribution in [2.45, 2.75) is 46.1 Å². The molecule has 1 fully saturated rings.